The Morgan fingerprint density at radius 3 is 1.95 bits per heavy atom. The van der Waals surface area contributed by atoms with Crippen LogP contribution in [0.15, 0.2) is 30.3 Å². The van der Waals surface area contributed by atoms with Crippen LogP contribution in [0.1, 0.15) is 31.8 Å². The van der Waals surface area contributed by atoms with Gasteiger partial charge in [0.05, 0.1) is 22.5 Å². The predicted octanol–water partition coefficient (Wildman–Crippen LogP) is 2.39. The van der Waals surface area contributed by atoms with E-state index in [0.29, 0.717) is 11.1 Å². The Hall–Kier alpha value is -2.82. The van der Waals surface area contributed by atoms with Gasteiger partial charge in [-0.15, -0.1) is 0 Å². The second kappa shape index (κ2) is 4.34. The Bertz CT molecular complexity index is 755. The molecule has 0 aliphatic carbocycles. The molecule has 0 saturated heterocycles. The van der Waals surface area contributed by atoms with E-state index < -0.39 is 0 Å². The van der Waals surface area contributed by atoms with Gasteiger partial charge in [-0.25, -0.2) is 4.90 Å². The van der Waals surface area contributed by atoms with Crippen LogP contribution in [0.4, 0.5) is 11.4 Å². The lowest BCUT2D eigenvalue weighted by Crippen LogP contribution is -2.30. The van der Waals surface area contributed by atoms with E-state index in [2.05, 4.69) is 0 Å². The maximum Gasteiger partial charge on any atom is 0.266 e. The molecule has 1 heterocycles. The van der Waals surface area contributed by atoms with Gasteiger partial charge in [0.15, 0.2) is 0 Å². The van der Waals surface area contributed by atoms with Crippen molar-refractivity contribution >= 4 is 23.2 Å². The van der Waals surface area contributed by atoms with Gasteiger partial charge in [0.2, 0.25) is 0 Å². The number of benzene rings is 2. The van der Waals surface area contributed by atoms with Gasteiger partial charge in [0.1, 0.15) is 5.75 Å². The molecule has 0 aromatic heterocycles. The summed E-state index contributed by atoms with van der Waals surface area (Å²) in [6, 6.07) is 7.83. The van der Waals surface area contributed by atoms with Gasteiger partial charge in [-0.1, -0.05) is 12.1 Å². The Balaban J connectivity index is 2.21. The van der Waals surface area contributed by atoms with Crippen LogP contribution >= 0.6 is 0 Å². The van der Waals surface area contributed by atoms with Crippen molar-refractivity contribution in [2.75, 3.05) is 10.6 Å². The van der Waals surface area contributed by atoms with Gasteiger partial charge in [-0.2, -0.15) is 0 Å². The quantitative estimate of drug-likeness (QED) is 0.621. The molecule has 0 fully saturated rings. The van der Waals surface area contributed by atoms with Gasteiger partial charge < -0.3 is 10.8 Å². The molecular weight excluding hydrogens is 268 g/mol. The molecule has 2 amide bonds. The first-order valence-corrected chi connectivity index (χ1v) is 6.49. The molecule has 0 bridgehead atoms. The van der Waals surface area contributed by atoms with E-state index in [-0.39, 0.29) is 28.9 Å². The Morgan fingerprint density at radius 2 is 1.48 bits per heavy atom. The highest BCUT2D eigenvalue weighted by Gasteiger charge is 2.39. The van der Waals surface area contributed by atoms with Crippen LogP contribution in [0, 0.1) is 13.8 Å². The molecule has 0 unspecified atom stereocenters. The number of rotatable bonds is 1. The highest BCUT2D eigenvalue weighted by atomic mass is 16.3. The third kappa shape index (κ3) is 1.78. The molecule has 0 atom stereocenters. The number of aryl methyl sites for hydroxylation is 2. The van der Waals surface area contributed by atoms with E-state index in [9.17, 15) is 14.7 Å². The van der Waals surface area contributed by atoms with Crippen molar-refractivity contribution in [1.82, 2.24) is 0 Å². The number of nitrogen functional groups attached to an aromatic ring is 1. The second-order valence-corrected chi connectivity index (χ2v) is 5.14. The first-order valence-electron chi connectivity index (χ1n) is 6.49. The summed E-state index contributed by atoms with van der Waals surface area (Å²) in [4.78, 5) is 26.3. The van der Waals surface area contributed by atoms with Crippen molar-refractivity contribution in [3.63, 3.8) is 0 Å². The molecule has 1 aliphatic rings. The van der Waals surface area contributed by atoms with Crippen LogP contribution in [0.2, 0.25) is 0 Å². The van der Waals surface area contributed by atoms with Crippen LogP contribution in [-0.2, 0) is 0 Å². The maximum atomic E-state index is 12.6. The average molecular weight is 282 g/mol. The summed E-state index contributed by atoms with van der Waals surface area (Å²) in [6.07, 6.45) is 0. The lowest BCUT2D eigenvalue weighted by atomic mass is 9.99. The van der Waals surface area contributed by atoms with Gasteiger partial charge in [0, 0.05) is 6.07 Å². The van der Waals surface area contributed by atoms with E-state index in [4.69, 9.17) is 5.73 Å². The molecule has 0 radical (unpaired) electrons. The number of phenols is 1. The Labute approximate surface area is 121 Å². The van der Waals surface area contributed by atoms with Crippen molar-refractivity contribution in [2.45, 2.75) is 13.8 Å². The number of amides is 2. The van der Waals surface area contributed by atoms with Gasteiger partial charge in [-0.3, -0.25) is 9.59 Å². The summed E-state index contributed by atoms with van der Waals surface area (Å²) in [5.41, 5.74) is 8.66. The SMILES string of the molecule is Cc1ccc(C)c2c1C(=O)N(c1ccc(O)cc1N)C2=O. The van der Waals surface area contributed by atoms with Crippen LogP contribution in [0.5, 0.6) is 5.75 Å². The molecule has 5 heteroatoms. The first-order chi connectivity index (χ1) is 9.91. The number of hydrogen-bond acceptors (Lipinski definition) is 4. The summed E-state index contributed by atoms with van der Waals surface area (Å²) in [5, 5.41) is 9.41. The fourth-order valence-electron chi connectivity index (χ4n) is 2.64. The lowest BCUT2D eigenvalue weighted by molar-refractivity contribution is 0.0926. The zero-order valence-electron chi connectivity index (χ0n) is 11.7. The van der Waals surface area contributed by atoms with Gasteiger partial charge in [0.25, 0.3) is 11.8 Å². The van der Waals surface area contributed by atoms with Crippen LogP contribution in [0.3, 0.4) is 0 Å². The van der Waals surface area contributed by atoms with Crippen molar-refractivity contribution in [1.29, 1.82) is 0 Å². The highest BCUT2D eigenvalue weighted by Crippen LogP contribution is 2.36. The average Bonchev–Trinajstić information content (AvgIpc) is 2.68. The molecule has 21 heavy (non-hydrogen) atoms. The predicted molar refractivity (Wildman–Crippen MR) is 79.6 cm³/mol. The number of fused-ring (bicyclic) bond motifs is 1. The number of phenolic OH excluding ortho intramolecular Hbond substituents is 1. The number of carbonyl (C=O) groups excluding carboxylic acids is 2. The first kappa shape index (κ1) is 13.2. The number of nitrogens with two attached hydrogens (primary N) is 1. The summed E-state index contributed by atoms with van der Waals surface area (Å²) in [7, 11) is 0. The standard InChI is InChI=1S/C16H14N2O3/c1-8-3-4-9(2)14-13(8)15(20)18(16(14)21)12-6-5-10(19)7-11(12)17/h3-7,19H,17H2,1-2H3. The van der Waals surface area contributed by atoms with E-state index in [1.807, 2.05) is 12.1 Å². The molecule has 2 aromatic rings. The van der Waals surface area contributed by atoms with Crippen LogP contribution in [-0.4, -0.2) is 16.9 Å². The normalized spacial score (nSPS) is 13.7. The molecular formula is C16H14N2O3. The summed E-state index contributed by atoms with van der Waals surface area (Å²) >= 11 is 0. The topological polar surface area (TPSA) is 83.6 Å². The third-order valence-electron chi connectivity index (χ3n) is 3.71. The zero-order valence-corrected chi connectivity index (χ0v) is 11.7. The fourth-order valence-corrected chi connectivity index (χ4v) is 2.64. The monoisotopic (exact) mass is 282 g/mol. The molecule has 106 valence electrons. The zero-order chi connectivity index (χ0) is 15.3. The van der Waals surface area contributed by atoms with Gasteiger partial charge >= 0.3 is 0 Å². The van der Waals surface area contributed by atoms with E-state index >= 15 is 0 Å². The number of imide groups is 1. The minimum Gasteiger partial charge on any atom is -0.508 e. The Kier molecular flexibility index (Phi) is 2.73. The fraction of sp³-hybridized carbons (Fsp3) is 0.125. The summed E-state index contributed by atoms with van der Waals surface area (Å²) < 4.78 is 0. The number of nitrogens with zero attached hydrogens (tertiary/aromatic N) is 1. The molecule has 0 saturated carbocycles. The van der Waals surface area contributed by atoms with E-state index in [0.717, 1.165) is 16.0 Å². The summed E-state index contributed by atoms with van der Waals surface area (Å²) in [6.45, 7) is 3.60. The molecule has 3 rings (SSSR count). The minimum atomic E-state index is -0.381. The van der Waals surface area contributed by atoms with Crippen molar-refractivity contribution in [3.8, 4) is 5.75 Å². The number of aromatic hydroxyl groups is 1. The number of hydrogen-bond donors (Lipinski definition) is 2. The molecule has 5 nitrogen and oxygen atoms in total. The Morgan fingerprint density at radius 1 is 0.952 bits per heavy atom. The van der Waals surface area contributed by atoms with Crippen molar-refractivity contribution in [3.05, 3.63) is 52.6 Å². The van der Waals surface area contributed by atoms with Crippen molar-refractivity contribution < 1.29 is 14.7 Å². The number of anilines is 2. The number of carbonyl (C=O) groups is 2. The lowest BCUT2D eigenvalue weighted by Gasteiger charge is -2.16. The van der Waals surface area contributed by atoms with Gasteiger partial charge in [-0.05, 0) is 37.1 Å². The molecule has 2 aromatic carbocycles. The van der Waals surface area contributed by atoms with E-state index in [1.54, 1.807) is 13.8 Å². The third-order valence-corrected chi connectivity index (χ3v) is 3.71. The molecule has 1 aliphatic heterocycles. The smallest absolute Gasteiger partial charge is 0.266 e. The largest absolute Gasteiger partial charge is 0.508 e. The molecule has 0 spiro atoms. The van der Waals surface area contributed by atoms with Crippen LogP contribution in [0.25, 0.3) is 0 Å². The molecule has 3 N–H and O–H groups in total. The maximum absolute atomic E-state index is 12.6. The minimum absolute atomic E-state index is 0.0137. The van der Waals surface area contributed by atoms with Crippen LogP contribution < -0.4 is 10.6 Å². The van der Waals surface area contributed by atoms with E-state index in [1.165, 1.54) is 18.2 Å². The van der Waals surface area contributed by atoms with Crippen molar-refractivity contribution in [2.24, 2.45) is 0 Å². The highest BCUT2D eigenvalue weighted by molar-refractivity contribution is 6.36. The summed E-state index contributed by atoms with van der Waals surface area (Å²) in [5.74, 6) is -0.776. The second-order valence-electron chi connectivity index (χ2n) is 5.14.